The fraction of sp³-hybridized carbons (Fsp3) is 0.625. The number of ether oxygens (including phenoxy) is 2. The molecule has 2 atom stereocenters. The Morgan fingerprint density at radius 2 is 2.30 bits per heavy atom. The molecular formula is C16H24BrNO2. The van der Waals surface area contributed by atoms with Crippen LogP contribution < -0.4 is 5.32 Å². The summed E-state index contributed by atoms with van der Waals surface area (Å²) in [5.41, 5.74) is 1.37. The van der Waals surface area contributed by atoms with Gasteiger partial charge in [-0.05, 0) is 36.8 Å². The van der Waals surface area contributed by atoms with Crippen LogP contribution in [0.2, 0.25) is 0 Å². The van der Waals surface area contributed by atoms with Crippen molar-refractivity contribution in [1.82, 2.24) is 5.32 Å². The summed E-state index contributed by atoms with van der Waals surface area (Å²) < 4.78 is 12.1. The number of benzene rings is 1. The lowest BCUT2D eigenvalue weighted by atomic mass is 9.92. The van der Waals surface area contributed by atoms with Crippen LogP contribution in [0.15, 0.2) is 28.7 Å². The van der Waals surface area contributed by atoms with E-state index < -0.39 is 0 Å². The number of hydrogen-bond donors (Lipinski definition) is 1. The van der Waals surface area contributed by atoms with Gasteiger partial charge in [0.05, 0.1) is 12.7 Å². The predicted octanol–water partition coefficient (Wildman–Crippen LogP) is 3.34. The second-order valence-corrected chi connectivity index (χ2v) is 6.14. The van der Waals surface area contributed by atoms with Gasteiger partial charge in [0.1, 0.15) is 0 Å². The first-order valence-corrected chi connectivity index (χ1v) is 8.16. The van der Waals surface area contributed by atoms with E-state index in [0.717, 1.165) is 32.7 Å². The van der Waals surface area contributed by atoms with Crippen LogP contribution in [0.25, 0.3) is 0 Å². The normalized spacial score (nSPS) is 20.2. The smallest absolute Gasteiger partial charge is 0.0587 e. The second kappa shape index (κ2) is 8.78. The maximum Gasteiger partial charge on any atom is 0.0587 e. The summed E-state index contributed by atoms with van der Waals surface area (Å²) in [6.45, 7) is 3.53. The quantitative estimate of drug-likeness (QED) is 0.735. The molecule has 0 amide bonds. The van der Waals surface area contributed by atoms with Crippen molar-refractivity contribution >= 4 is 15.9 Å². The zero-order chi connectivity index (χ0) is 14.2. The van der Waals surface area contributed by atoms with Crippen LogP contribution in [-0.2, 0) is 9.47 Å². The Morgan fingerprint density at radius 3 is 3.00 bits per heavy atom. The van der Waals surface area contributed by atoms with Gasteiger partial charge in [-0.3, -0.25) is 0 Å². The van der Waals surface area contributed by atoms with Crippen molar-refractivity contribution in [2.45, 2.75) is 31.3 Å². The minimum atomic E-state index is 0.413. The van der Waals surface area contributed by atoms with E-state index in [4.69, 9.17) is 9.47 Å². The highest BCUT2D eigenvalue weighted by Gasteiger charge is 2.22. The highest BCUT2D eigenvalue weighted by molar-refractivity contribution is 9.10. The van der Waals surface area contributed by atoms with Crippen molar-refractivity contribution in [3.05, 3.63) is 34.3 Å². The van der Waals surface area contributed by atoms with Crippen LogP contribution in [0.4, 0.5) is 0 Å². The lowest BCUT2D eigenvalue weighted by molar-refractivity contribution is 0.0973. The first-order valence-electron chi connectivity index (χ1n) is 7.37. The van der Waals surface area contributed by atoms with E-state index >= 15 is 0 Å². The highest BCUT2D eigenvalue weighted by Crippen LogP contribution is 2.31. The Morgan fingerprint density at radius 1 is 1.45 bits per heavy atom. The summed E-state index contributed by atoms with van der Waals surface area (Å²) in [7, 11) is 1.74. The van der Waals surface area contributed by atoms with Gasteiger partial charge in [-0.15, -0.1) is 0 Å². The molecule has 0 radical (unpaired) electrons. The van der Waals surface area contributed by atoms with Gasteiger partial charge in [0.2, 0.25) is 0 Å². The van der Waals surface area contributed by atoms with Crippen molar-refractivity contribution in [3.8, 4) is 0 Å². The SMILES string of the molecule is COCCNCC(CC1CCCO1)c1ccccc1Br. The summed E-state index contributed by atoms with van der Waals surface area (Å²) in [4.78, 5) is 0. The van der Waals surface area contributed by atoms with Gasteiger partial charge in [-0.2, -0.15) is 0 Å². The summed E-state index contributed by atoms with van der Waals surface area (Å²) in [5, 5.41) is 3.48. The molecule has 112 valence electrons. The van der Waals surface area contributed by atoms with E-state index in [2.05, 4.69) is 45.5 Å². The molecule has 0 aliphatic carbocycles. The topological polar surface area (TPSA) is 30.5 Å². The average Bonchev–Trinajstić information content (AvgIpc) is 2.96. The maximum atomic E-state index is 5.80. The fourth-order valence-electron chi connectivity index (χ4n) is 2.72. The van der Waals surface area contributed by atoms with E-state index in [1.807, 2.05) is 0 Å². The van der Waals surface area contributed by atoms with Crippen LogP contribution in [0.5, 0.6) is 0 Å². The average molecular weight is 342 g/mol. The van der Waals surface area contributed by atoms with Crippen molar-refractivity contribution in [1.29, 1.82) is 0 Å². The molecule has 0 spiro atoms. The number of rotatable bonds is 8. The van der Waals surface area contributed by atoms with Crippen molar-refractivity contribution in [3.63, 3.8) is 0 Å². The molecule has 1 aliphatic heterocycles. The van der Waals surface area contributed by atoms with E-state index in [1.54, 1.807) is 7.11 Å². The Balaban J connectivity index is 1.97. The Bertz CT molecular complexity index is 394. The van der Waals surface area contributed by atoms with Crippen LogP contribution in [0.3, 0.4) is 0 Å². The van der Waals surface area contributed by atoms with Gasteiger partial charge in [0, 0.05) is 31.3 Å². The molecule has 1 aliphatic rings. The number of halogens is 1. The summed E-state index contributed by atoms with van der Waals surface area (Å²) in [6, 6.07) is 8.50. The standard InChI is InChI=1S/C16H24BrNO2/c1-19-10-8-18-12-13(11-14-5-4-9-20-14)15-6-2-3-7-16(15)17/h2-3,6-7,13-14,18H,4-5,8-12H2,1H3. The summed E-state index contributed by atoms with van der Waals surface area (Å²) >= 11 is 3.68. The molecule has 3 nitrogen and oxygen atoms in total. The van der Waals surface area contributed by atoms with Crippen LogP contribution in [-0.4, -0.2) is 39.5 Å². The molecule has 0 saturated carbocycles. The Kier molecular flexibility index (Phi) is 7.00. The molecule has 0 aromatic heterocycles. The molecule has 1 aromatic rings. The van der Waals surface area contributed by atoms with Gasteiger partial charge in [0.15, 0.2) is 0 Å². The minimum absolute atomic E-state index is 0.413. The molecular weight excluding hydrogens is 318 g/mol. The molecule has 4 heteroatoms. The second-order valence-electron chi connectivity index (χ2n) is 5.29. The van der Waals surface area contributed by atoms with E-state index in [9.17, 15) is 0 Å². The van der Waals surface area contributed by atoms with Gasteiger partial charge >= 0.3 is 0 Å². The molecule has 1 heterocycles. The van der Waals surface area contributed by atoms with Gasteiger partial charge in [0.25, 0.3) is 0 Å². The molecule has 0 bridgehead atoms. The van der Waals surface area contributed by atoms with Crippen molar-refractivity contribution < 1.29 is 9.47 Å². The van der Waals surface area contributed by atoms with E-state index in [0.29, 0.717) is 12.0 Å². The minimum Gasteiger partial charge on any atom is -0.383 e. The molecule has 1 aromatic carbocycles. The zero-order valence-electron chi connectivity index (χ0n) is 12.1. The van der Waals surface area contributed by atoms with Crippen molar-refractivity contribution in [2.24, 2.45) is 0 Å². The van der Waals surface area contributed by atoms with E-state index in [-0.39, 0.29) is 0 Å². The summed E-state index contributed by atoms with van der Waals surface area (Å²) in [5.74, 6) is 0.477. The third-order valence-corrected chi connectivity index (χ3v) is 4.51. The van der Waals surface area contributed by atoms with Crippen LogP contribution in [0, 0.1) is 0 Å². The molecule has 1 saturated heterocycles. The monoisotopic (exact) mass is 341 g/mol. The third kappa shape index (κ3) is 4.85. The summed E-state index contributed by atoms with van der Waals surface area (Å²) in [6.07, 6.45) is 3.89. The number of nitrogens with one attached hydrogen (secondary N) is 1. The van der Waals surface area contributed by atoms with Gasteiger partial charge in [-0.25, -0.2) is 0 Å². The number of hydrogen-bond acceptors (Lipinski definition) is 3. The lowest BCUT2D eigenvalue weighted by Gasteiger charge is -2.22. The van der Waals surface area contributed by atoms with Crippen molar-refractivity contribution in [2.75, 3.05) is 33.4 Å². The van der Waals surface area contributed by atoms with Gasteiger partial charge in [-0.1, -0.05) is 34.1 Å². The largest absolute Gasteiger partial charge is 0.383 e. The zero-order valence-corrected chi connectivity index (χ0v) is 13.7. The van der Waals surface area contributed by atoms with Gasteiger partial charge < -0.3 is 14.8 Å². The molecule has 2 unspecified atom stereocenters. The molecule has 20 heavy (non-hydrogen) atoms. The fourth-order valence-corrected chi connectivity index (χ4v) is 3.33. The van der Waals surface area contributed by atoms with Crippen LogP contribution in [0.1, 0.15) is 30.7 Å². The lowest BCUT2D eigenvalue weighted by Crippen LogP contribution is -2.27. The Labute approximate surface area is 130 Å². The van der Waals surface area contributed by atoms with E-state index in [1.165, 1.54) is 22.9 Å². The number of methoxy groups -OCH3 is 1. The predicted molar refractivity (Wildman–Crippen MR) is 85.2 cm³/mol. The first-order chi connectivity index (χ1) is 9.81. The Hall–Kier alpha value is -0.420. The van der Waals surface area contributed by atoms with Crippen LogP contribution >= 0.6 is 15.9 Å². The third-order valence-electron chi connectivity index (χ3n) is 3.79. The first kappa shape index (κ1) is 16.0. The molecule has 2 rings (SSSR count). The highest BCUT2D eigenvalue weighted by atomic mass is 79.9. The molecule has 1 N–H and O–H groups in total. The maximum absolute atomic E-state index is 5.80. The molecule has 1 fully saturated rings.